The summed E-state index contributed by atoms with van der Waals surface area (Å²) in [5.41, 5.74) is 8.86. The summed E-state index contributed by atoms with van der Waals surface area (Å²) in [6.45, 7) is 2.25. The quantitative estimate of drug-likeness (QED) is 0.0691. The van der Waals surface area contributed by atoms with E-state index in [1.165, 1.54) is 150 Å². The van der Waals surface area contributed by atoms with Crippen molar-refractivity contribution in [2.24, 2.45) is 0 Å². The maximum absolute atomic E-state index is 6.40. The number of aryl methyl sites for hydroxylation is 1. The summed E-state index contributed by atoms with van der Waals surface area (Å²) in [4.78, 5) is 29.0. The second-order valence-corrected chi connectivity index (χ2v) is 20.8. The van der Waals surface area contributed by atoms with Gasteiger partial charge in [-0.1, -0.05) is 169 Å². The van der Waals surface area contributed by atoms with Crippen LogP contribution in [0.5, 0.6) is 35.3 Å². The number of nitrogens with zero attached hydrogens (tertiary/aromatic N) is 6. The van der Waals surface area contributed by atoms with Crippen LogP contribution in [0.1, 0.15) is 203 Å². The molecule has 0 bridgehead atoms. The normalized spacial score (nSPS) is 15.8. The molecule has 0 saturated heterocycles. The molecule has 7 aromatic rings. The standard InChI is InChI=1S/C63H72N6O3/c1-2-3-4-8-15-45-22-24-46(25-23-45)44-60-67-62(69-63(68-60)72-57-40-34-54(35-41-57)51-20-13-7-14-21-51)71-55-36-28-48(29-37-55)43-59-64-58(42-47-26-30-52(31-27-47)49-16-9-5-10-17-49)65-61(66-59)70-56-38-32-53(33-39-56)50-18-11-6-12-19-50/h22-41,49-51H,2-21,42-44H2,1H3. The molecule has 72 heavy (non-hydrogen) atoms. The summed E-state index contributed by atoms with van der Waals surface area (Å²) in [5.74, 6) is 5.81. The Kier molecular flexibility index (Phi) is 16.9. The van der Waals surface area contributed by atoms with E-state index >= 15 is 0 Å². The van der Waals surface area contributed by atoms with Crippen LogP contribution in [0.25, 0.3) is 0 Å². The lowest BCUT2D eigenvalue weighted by atomic mass is 9.84. The van der Waals surface area contributed by atoms with E-state index in [0.717, 1.165) is 23.3 Å². The van der Waals surface area contributed by atoms with Crippen molar-refractivity contribution in [3.63, 3.8) is 0 Å². The predicted molar refractivity (Wildman–Crippen MR) is 286 cm³/mol. The third-order valence-corrected chi connectivity index (χ3v) is 15.3. The maximum atomic E-state index is 6.40. The highest BCUT2D eigenvalue weighted by molar-refractivity contribution is 5.36. The third-order valence-electron chi connectivity index (χ3n) is 15.3. The zero-order chi connectivity index (χ0) is 48.7. The van der Waals surface area contributed by atoms with Crippen LogP contribution in [0.2, 0.25) is 0 Å². The number of ether oxygens (including phenoxy) is 3. The SMILES string of the molecule is CCCCCCc1ccc(Cc2nc(Oc3ccc(Cc4nc(Cc5ccc(C6CCCCC6)cc5)nc(Oc5ccc(C6CCCCC6)cc5)n4)cc3)nc(Oc3ccc(C4CCCCC4)cc3)n2)cc1. The van der Waals surface area contributed by atoms with Gasteiger partial charge in [0.15, 0.2) is 0 Å². The fourth-order valence-electron chi connectivity index (χ4n) is 11.1. The number of benzene rings is 5. The smallest absolute Gasteiger partial charge is 0.328 e. The molecule has 9 heteroatoms. The van der Waals surface area contributed by atoms with E-state index < -0.39 is 0 Å². The van der Waals surface area contributed by atoms with Gasteiger partial charge in [-0.15, -0.1) is 4.98 Å². The van der Waals surface area contributed by atoms with Crippen molar-refractivity contribution in [2.75, 3.05) is 0 Å². The van der Waals surface area contributed by atoms with Crippen molar-refractivity contribution < 1.29 is 14.2 Å². The van der Waals surface area contributed by atoms with E-state index in [0.29, 0.717) is 72.0 Å². The molecule has 0 unspecified atom stereocenters. The topological polar surface area (TPSA) is 105 Å². The molecule has 10 rings (SSSR count). The summed E-state index contributed by atoms with van der Waals surface area (Å²) in [6, 6.07) is 43.5. The van der Waals surface area contributed by atoms with Crippen LogP contribution in [0.4, 0.5) is 0 Å². The van der Waals surface area contributed by atoms with E-state index in [9.17, 15) is 0 Å². The van der Waals surface area contributed by atoms with Crippen molar-refractivity contribution in [3.8, 4) is 35.3 Å². The molecule has 2 aromatic heterocycles. The Morgan fingerprint density at radius 1 is 0.333 bits per heavy atom. The number of hydrogen-bond acceptors (Lipinski definition) is 9. The molecule has 3 saturated carbocycles. The van der Waals surface area contributed by atoms with Crippen molar-refractivity contribution in [3.05, 3.63) is 178 Å². The minimum atomic E-state index is 0.177. The fourth-order valence-corrected chi connectivity index (χ4v) is 11.1. The Balaban J connectivity index is 0.855. The average Bonchev–Trinajstić information content (AvgIpc) is 3.42. The third kappa shape index (κ3) is 13.9. The van der Waals surface area contributed by atoms with Crippen LogP contribution < -0.4 is 14.2 Å². The van der Waals surface area contributed by atoms with Crippen LogP contribution in [-0.4, -0.2) is 29.9 Å². The van der Waals surface area contributed by atoms with Gasteiger partial charge in [0, 0.05) is 19.3 Å². The van der Waals surface area contributed by atoms with Gasteiger partial charge in [0.25, 0.3) is 0 Å². The lowest BCUT2D eigenvalue weighted by Crippen LogP contribution is -2.08. The van der Waals surface area contributed by atoms with Gasteiger partial charge in [-0.2, -0.15) is 19.9 Å². The molecule has 3 aliphatic carbocycles. The number of rotatable bonds is 20. The molecule has 3 aliphatic rings. The first-order valence-electron chi connectivity index (χ1n) is 27.5. The Morgan fingerprint density at radius 3 is 1.06 bits per heavy atom. The van der Waals surface area contributed by atoms with Crippen molar-refractivity contribution >= 4 is 0 Å². The highest BCUT2D eigenvalue weighted by atomic mass is 16.5. The molecule has 0 spiro atoms. The van der Waals surface area contributed by atoms with Crippen molar-refractivity contribution in [1.29, 1.82) is 0 Å². The molecule has 0 amide bonds. The van der Waals surface area contributed by atoms with Crippen molar-refractivity contribution in [2.45, 2.75) is 172 Å². The fraction of sp³-hybridized carbons (Fsp3) is 0.429. The zero-order valence-electron chi connectivity index (χ0n) is 42.5. The van der Waals surface area contributed by atoms with Gasteiger partial charge in [0.2, 0.25) is 0 Å². The lowest BCUT2D eigenvalue weighted by molar-refractivity contribution is 0.392. The summed E-state index contributed by atoms with van der Waals surface area (Å²) < 4.78 is 19.1. The molecule has 5 aromatic carbocycles. The number of aromatic nitrogens is 6. The van der Waals surface area contributed by atoms with Crippen LogP contribution >= 0.6 is 0 Å². The molecule has 0 N–H and O–H groups in total. The average molecular weight is 961 g/mol. The van der Waals surface area contributed by atoms with E-state index in [2.05, 4.69) is 96.8 Å². The van der Waals surface area contributed by atoms with Gasteiger partial charge in [-0.05, 0) is 144 Å². The van der Waals surface area contributed by atoms with Gasteiger partial charge in [0.05, 0.1) is 0 Å². The minimum absolute atomic E-state index is 0.177. The van der Waals surface area contributed by atoms with E-state index in [1.807, 2.05) is 36.4 Å². The second kappa shape index (κ2) is 24.8. The summed E-state index contributed by atoms with van der Waals surface area (Å²) in [5, 5.41) is 0. The first-order chi connectivity index (χ1) is 35.5. The van der Waals surface area contributed by atoms with Gasteiger partial charge in [-0.25, -0.2) is 4.98 Å². The summed E-state index contributed by atoms with van der Waals surface area (Å²) in [6.07, 6.45) is 27.1. The molecule has 0 atom stereocenters. The molecular formula is C63H72N6O3. The summed E-state index contributed by atoms with van der Waals surface area (Å²) >= 11 is 0. The van der Waals surface area contributed by atoms with Gasteiger partial charge >= 0.3 is 18.0 Å². The minimum Gasteiger partial charge on any atom is -0.424 e. The predicted octanol–water partition coefficient (Wildman–Crippen LogP) is 16.5. The Hall–Kier alpha value is -6.48. The van der Waals surface area contributed by atoms with E-state index in [-0.39, 0.29) is 12.0 Å². The highest BCUT2D eigenvalue weighted by Gasteiger charge is 2.20. The second-order valence-electron chi connectivity index (χ2n) is 20.8. The van der Waals surface area contributed by atoms with Gasteiger partial charge in [0.1, 0.15) is 34.7 Å². The van der Waals surface area contributed by atoms with Gasteiger partial charge < -0.3 is 14.2 Å². The molecular weight excluding hydrogens is 889 g/mol. The molecule has 2 heterocycles. The number of hydrogen-bond donors (Lipinski definition) is 0. The molecule has 372 valence electrons. The highest BCUT2D eigenvalue weighted by Crippen LogP contribution is 2.36. The van der Waals surface area contributed by atoms with E-state index in [1.54, 1.807) is 0 Å². The molecule has 9 nitrogen and oxygen atoms in total. The molecule has 3 fully saturated rings. The maximum Gasteiger partial charge on any atom is 0.328 e. The van der Waals surface area contributed by atoms with Gasteiger partial charge in [-0.3, -0.25) is 0 Å². The first-order valence-corrected chi connectivity index (χ1v) is 27.5. The Labute approximate surface area is 427 Å². The molecule has 0 aliphatic heterocycles. The Morgan fingerprint density at radius 2 is 0.653 bits per heavy atom. The van der Waals surface area contributed by atoms with Crippen molar-refractivity contribution in [1.82, 2.24) is 29.9 Å². The van der Waals surface area contributed by atoms with Crippen LogP contribution in [-0.2, 0) is 25.7 Å². The zero-order valence-corrected chi connectivity index (χ0v) is 42.5. The molecule has 0 radical (unpaired) electrons. The first kappa shape index (κ1) is 49.1. The summed E-state index contributed by atoms with van der Waals surface area (Å²) in [7, 11) is 0. The van der Waals surface area contributed by atoms with Crippen LogP contribution in [0.3, 0.4) is 0 Å². The van der Waals surface area contributed by atoms with E-state index in [4.69, 9.17) is 39.1 Å². The monoisotopic (exact) mass is 961 g/mol. The number of unbranched alkanes of at least 4 members (excludes halogenated alkanes) is 3. The van der Waals surface area contributed by atoms with Crippen LogP contribution in [0.15, 0.2) is 121 Å². The Bertz CT molecular complexity index is 2680. The van der Waals surface area contributed by atoms with Crippen LogP contribution in [0, 0.1) is 0 Å². The largest absolute Gasteiger partial charge is 0.424 e. The lowest BCUT2D eigenvalue weighted by Gasteiger charge is -2.22.